The standard InChI is InChI=1S/C16H13NO2/c1-10-6-7-14-12(9-10)11(2)16(19-14)15(18)13-5-3-4-8-17-13/h3-9H,1-2H3. The van der Waals surface area contributed by atoms with Crippen LogP contribution in [0.25, 0.3) is 11.0 Å². The third-order valence-electron chi connectivity index (χ3n) is 3.20. The first kappa shape index (κ1) is 11.7. The molecule has 0 aliphatic rings. The van der Waals surface area contributed by atoms with Crippen LogP contribution in [0.5, 0.6) is 0 Å². The number of furan rings is 1. The number of hydrogen-bond acceptors (Lipinski definition) is 3. The lowest BCUT2D eigenvalue weighted by molar-refractivity contribution is 0.101. The maximum absolute atomic E-state index is 12.4. The first-order valence-electron chi connectivity index (χ1n) is 6.12. The van der Waals surface area contributed by atoms with Crippen LogP contribution in [0, 0.1) is 13.8 Å². The molecule has 0 aliphatic heterocycles. The molecule has 2 aromatic heterocycles. The van der Waals surface area contributed by atoms with E-state index in [2.05, 4.69) is 4.98 Å². The lowest BCUT2D eigenvalue weighted by atomic mass is 10.1. The van der Waals surface area contributed by atoms with Gasteiger partial charge in [0.05, 0.1) is 0 Å². The zero-order valence-corrected chi connectivity index (χ0v) is 10.8. The molecule has 3 heteroatoms. The number of rotatable bonds is 2. The van der Waals surface area contributed by atoms with Gasteiger partial charge in [0, 0.05) is 17.1 Å². The minimum Gasteiger partial charge on any atom is -0.452 e. The Morgan fingerprint density at radius 2 is 2.00 bits per heavy atom. The van der Waals surface area contributed by atoms with Gasteiger partial charge in [-0.1, -0.05) is 17.7 Å². The first-order chi connectivity index (χ1) is 9.16. The van der Waals surface area contributed by atoms with Gasteiger partial charge in [-0.2, -0.15) is 0 Å². The van der Waals surface area contributed by atoms with Crippen LogP contribution >= 0.6 is 0 Å². The summed E-state index contributed by atoms with van der Waals surface area (Å²) in [4.78, 5) is 16.4. The Labute approximate surface area is 110 Å². The molecule has 0 saturated carbocycles. The molecule has 0 amide bonds. The second-order valence-electron chi connectivity index (χ2n) is 4.60. The molecule has 94 valence electrons. The Morgan fingerprint density at radius 1 is 1.16 bits per heavy atom. The quantitative estimate of drug-likeness (QED) is 0.652. The van der Waals surface area contributed by atoms with Crippen molar-refractivity contribution in [2.45, 2.75) is 13.8 Å². The van der Waals surface area contributed by atoms with Crippen molar-refractivity contribution < 1.29 is 9.21 Å². The summed E-state index contributed by atoms with van der Waals surface area (Å²) in [5, 5.41) is 0.985. The highest BCUT2D eigenvalue weighted by Crippen LogP contribution is 2.27. The molecule has 0 radical (unpaired) electrons. The van der Waals surface area contributed by atoms with Crippen LogP contribution in [0.2, 0.25) is 0 Å². The van der Waals surface area contributed by atoms with Gasteiger partial charge < -0.3 is 4.42 Å². The minimum atomic E-state index is -0.174. The van der Waals surface area contributed by atoms with Crippen LogP contribution in [-0.2, 0) is 0 Å². The molecule has 0 unspecified atom stereocenters. The summed E-state index contributed by atoms with van der Waals surface area (Å²) in [6.45, 7) is 3.92. The molecule has 3 rings (SSSR count). The van der Waals surface area contributed by atoms with Crippen LogP contribution in [-0.4, -0.2) is 10.8 Å². The van der Waals surface area contributed by atoms with E-state index in [-0.39, 0.29) is 5.78 Å². The number of carbonyl (C=O) groups is 1. The van der Waals surface area contributed by atoms with E-state index in [1.54, 1.807) is 24.4 Å². The molecule has 0 aliphatic carbocycles. The second kappa shape index (κ2) is 4.35. The van der Waals surface area contributed by atoms with Crippen molar-refractivity contribution in [2.24, 2.45) is 0 Å². The molecule has 19 heavy (non-hydrogen) atoms. The molecule has 0 N–H and O–H groups in total. The molecular weight excluding hydrogens is 238 g/mol. The number of carbonyl (C=O) groups excluding carboxylic acids is 1. The zero-order chi connectivity index (χ0) is 13.4. The van der Waals surface area contributed by atoms with Crippen molar-refractivity contribution in [3.05, 3.63) is 65.2 Å². The summed E-state index contributed by atoms with van der Waals surface area (Å²) in [7, 11) is 0. The van der Waals surface area contributed by atoms with E-state index < -0.39 is 0 Å². The van der Waals surface area contributed by atoms with Crippen molar-refractivity contribution in [2.75, 3.05) is 0 Å². The maximum Gasteiger partial charge on any atom is 0.246 e. The highest BCUT2D eigenvalue weighted by molar-refractivity contribution is 6.09. The van der Waals surface area contributed by atoms with Crippen LogP contribution in [0.1, 0.15) is 27.4 Å². The normalized spacial score (nSPS) is 10.8. The Hall–Kier alpha value is -2.42. The highest BCUT2D eigenvalue weighted by Gasteiger charge is 2.19. The number of pyridine rings is 1. The number of benzene rings is 1. The molecule has 0 spiro atoms. The summed E-state index contributed by atoms with van der Waals surface area (Å²) in [5.74, 6) is 0.200. The van der Waals surface area contributed by atoms with Gasteiger partial charge in [-0.3, -0.25) is 9.78 Å². The number of aromatic nitrogens is 1. The molecular formula is C16H13NO2. The van der Waals surface area contributed by atoms with E-state index in [1.165, 1.54) is 0 Å². The fourth-order valence-electron chi connectivity index (χ4n) is 2.16. The van der Waals surface area contributed by atoms with Crippen molar-refractivity contribution >= 4 is 16.8 Å². The number of fused-ring (bicyclic) bond motifs is 1. The topological polar surface area (TPSA) is 43.1 Å². The average molecular weight is 251 g/mol. The monoisotopic (exact) mass is 251 g/mol. The van der Waals surface area contributed by atoms with Gasteiger partial charge in [0.15, 0.2) is 5.76 Å². The molecule has 1 aromatic carbocycles. The van der Waals surface area contributed by atoms with Gasteiger partial charge in [-0.25, -0.2) is 0 Å². The van der Waals surface area contributed by atoms with Crippen LogP contribution in [0.3, 0.4) is 0 Å². The molecule has 0 bridgehead atoms. The lowest BCUT2D eigenvalue weighted by Gasteiger charge is -1.97. The molecule has 2 heterocycles. The summed E-state index contributed by atoms with van der Waals surface area (Å²) < 4.78 is 5.68. The molecule has 3 aromatic rings. The predicted molar refractivity (Wildman–Crippen MR) is 73.4 cm³/mol. The first-order valence-corrected chi connectivity index (χ1v) is 6.12. The molecule has 0 saturated heterocycles. The summed E-state index contributed by atoms with van der Waals surface area (Å²) >= 11 is 0. The number of hydrogen-bond donors (Lipinski definition) is 0. The largest absolute Gasteiger partial charge is 0.452 e. The van der Waals surface area contributed by atoms with E-state index in [4.69, 9.17) is 4.42 Å². The summed E-state index contributed by atoms with van der Waals surface area (Å²) in [5.41, 5.74) is 3.16. The van der Waals surface area contributed by atoms with Crippen molar-refractivity contribution in [1.82, 2.24) is 4.98 Å². The third-order valence-corrected chi connectivity index (χ3v) is 3.20. The second-order valence-corrected chi connectivity index (χ2v) is 4.60. The number of aryl methyl sites for hydroxylation is 2. The van der Waals surface area contributed by atoms with E-state index in [1.807, 2.05) is 32.0 Å². The van der Waals surface area contributed by atoms with Crippen molar-refractivity contribution in [3.63, 3.8) is 0 Å². The van der Waals surface area contributed by atoms with Gasteiger partial charge in [0.2, 0.25) is 5.78 Å². The Morgan fingerprint density at radius 3 is 2.74 bits per heavy atom. The molecule has 3 nitrogen and oxygen atoms in total. The van der Waals surface area contributed by atoms with Gasteiger partial charge >= 0.3 is 0 Å². The zero-order valence-electron chi connectivity index (χ0n) is 10.8. The fraction of sp³-hybridized carbons (Fsp3) is 0.125. The minimum absolute atomic E-state index is 0.174. The van der Waals surface area contributed by atoms with Gasteiger partial charge in [0.25, 0.3) is 0 Å². The molecule has 0 fully saturated rings. The smallest absolute Gasteiger partial charge is 0.246 e. The SMILES string of the molecule is Cc1ccc2oc(C(=O)c3ccccn3)c(C)c2c1. The summed E-state index contributed by atoms with van der Waals surface area (Å²) in [6.07, 6.45) is 1.61. The Kier molecular flexibility index (Phi) is 2.67. The lowest BCUT2D eigenvalue weighted by Crippen LogP contribution is -2.03. The van der Waals surface area contributed by atoms with E-state index >= 15 is 0 Å². The predicted octanol–water partition coefficient (Wildman–Crippen LogP) is 3.68. The van der Waals surface area contributed by atoms with Crippen LogP contribution < -0.4 is 0 Å². The number of ketones is 1. The Balaban J connectivity index is 2.16. The van der Waals surface area contributed by atoms with E-state index in [9.17, 15) is 4.79 Å². The van der Waals surface area contributed by atoms with Gasteiger partial charge in [-0.05, 0) is 38.1 Å². The van der Waals surface area contributed by atoms with Crippen LogP contribution in [0.4, 0.5) is 0 Å². The molecule has 0 atom stereocenters. The van der Waals surface area contributed by atoms with Gasteiger partial charge in [-0.15, -0.1) is 0 Å². The maximum atomic E-state index is 12.4. The Bertz CT molecular complexity index is 757. The third kappa shape index (κ3) is 1.93. The fourth-order valence-corrected chi connectivity index (χ4v) is 2.16. The average Bonchev–Trinajstić information content (AvgIpc) is 2.76. The van der Waals surface area contributed by atoms with Crippen molar-refractivity contribution in [1.29, 1.82) is 0 Å². The van der Waals surface area contributed by atoms with Gasteiger partial charge in [0.1, 0.15) is 11.3 Å². The van der Waals surface area contributed by atoms with E-state index in [0.29, 0.717) is 11.5 Å². The van der Waals surface area contributed by atoms with E-state index in [0.717, 1.165) is 22.1 Å². The highest BCUT2D eigenvalue weighted by atomic mass is 16.3. The summed E-state index contributed by atoms with van der Waals surface area (Å²) in [6, 6.07) is 11.2. The van der Waals surface area contributed by atoms with Crippen LogP contribution in [0.15, 0.2) is 47.0 Å². The van der Waals surface area contributed by atoms with Crippen molar-refractivity contribution in [3.8, 4) is 0 Å². The number of nitrogens with zero attached hydrogens (tertiary/aromatic N) is 1.